The number of rotatable bonds is 8. The Morgan fingerprint density at radius 2 is 1.58 bits per heavy atom. The standard InChI is InChI=1S/C34H51ClF2N4O4/c1-32(2,3)39-19-26(22-9-11-23(35)12-10-22)27(20-39)29(42)40-18-25(17-28(40)30(43)38(6)7)41(31(44)33(4,5)21-45-8)24-13-15-34(36,37)16-14-24/h9-12,24-28H,13-21H2,1-8H3/t25-,26-,27+,28-/m0/s1. The van der Waals surface area contributed by atoms with Crippen molar-refractivity contribution in [3.8, 4) is 0 Å². The molecule has 8 nitrogen and oxygen atoms in total. The molecule has 3 aliphatic rings. The first-order valence-corrected chi connectivity index (χ1v) is 16.5. The molecule has 0 radical (unpaired) electrons. The van der Waals surface area contributed by atoms with Crippen LogP contribution >= 0.6 is 11.6 Å². The Labute approximate surface area is 272 Å². The van der Waals surface area contributed by atoms with Gasteiger partial charge in [-0.2, -0.15) is 0 Å². The van der Waals surface area contributed by atoms with E-state index in [1.54, 1.807) is 37.7 Å². The van der Waals surface area contributed by atoms with Crippen molar-refractivity contribution in [3.05, 3.63) is 34.9 Å². The molecule has 1 aromatic rings. The molecule has 0 N–H and O–H groups in total. The lowest BCUT2D eigenvalue weighted by molar-refractivity contribution is -0.152. The van der Waals surface area contributed by atoms with E-state index in [1.165, 1.54) is 12.0 Å². The van der Waals surface area contributed by atoms with Crippen molar-refractivity contribution in [2.24, 2.45) is 11.3 Å². The quantitative estimate of drug-likeness (QED) is 0.382. The maximum absolute atomic E-state index is 14.7. The summed E-state index contributed by atoms with van der Waals surface area (Å²) in [6, 6.07) is 5.93. The molecule has 3 fully saturated rings. The zero-order valence-electron chi connectivity index (χ0n) is 28.1. The average Bonchev–Trinajstić information content (AvgIpc) is 3.59. The van der Waals surface area contributed by atoms with Crippen molar-refractivity contribution in [1.29, 1.82) is 0 Å². The second-order valence-corrected chi connectivity index (χ2v) is 15.5. The average molecular weight is 653 g/mol. The van der Waals surface area contributed by atoms with Crippen molar-refractivity contribution < 1.29 is 27.9 Å². The highest BCUT2D eigenvalue weighted by atomic mass is 35.5. The Kier molecular flexibility index (Phi) is 10.6. The monoisotopic (exact) mass is 652 g/mol. The lowest BCUT2D eigenvalue weighted by atomic mass is 9.86. The first-order chi connectivity index (χ1) is 20.9. The van der Waals surface area contributed by atoms with Gasteiger partial charge in [-0.1, -0.05) is 23.7 Å². The van der Waals surface area contributed by atoms with E-state index in [0.29, 0.717) is 18.1 Å². The first-order valence-electron chi connectivity index (χ1n) is 16.1. The molecule has 0 bridgehead atoms. The number of ether oxygens (including phenoxy) is 1. The van der Waals surface area contributed by atoms with Gasteiger partial charge in [0.1, 0.15) is 6.04 Å². The van der Waals surface area contributed by atoms with Crippen molar-refractivity contribution >= 4 is 29.3 Å². The fourth-order valence-corrected chi connectivity index (χ4v) is 7.48. The highest BCUT2D eigenvalue weighted by molar-refractivity contribution is 6.30. The number of hydrogen-bond acceptors (Lipinski definition) is 5. The first kappa shape index (κ1) is 35.6. The number of nitrogens with zero attached hydrogens (tertiary/aromatic N) is 4. The van der Waals surface area contributed by atoms with Crippen LogP contribution in [0.15, 0.2) is 24.3 Å². The number of methoxy groups -OCH3 is 1. The van der Waals surface area contributed by atoms with E-state index >= 15 is 0 Å². The highest BCUT2D eigenvalue weighted by Crippen LogP contribution is 2.42. The molecule has 4 rings (SSSR count). The zero-order valence-corrected chi connectivity index (χ0v) is 28.9. The summed E-state index contributed by atoms with van der Waals surface area (Å²) in [7, 11) is 4.86. The van der Waals surface area contributed by atoms with Gasteiger partial charge in [-0.05, 0) is 71.6 Å². The Morgan fingerprint density at radius 3 is 2.11 bits per heavy atom. The van der Waals surface area contributed by atoms with E-state index in [4.69, 9.17) is 16.3 Å². The van der Waals surface area contributed by atoms with Crippen LogP contribution in [0.1, 0.15) is 78.2 Å². The molecule has 11 heteroatoms. The van der Waals surface area contributed by atoms with Gasteiger partial charge in [0, 0.05) is 76.2 Å². The number of benzene rings is 1. The smallest absolute Gasteiger partial charge is 0.248 e. The van der Waals surface area contributed by atoms with Crippen LogP contribution in [0.25, 0.3) is 0 Å². The molecule has 1 saturated carbocycles. The third-order valence-electron chi connectivity index (χ3n) is 9.96. The third-order valence-corrected chi connectivity index (χ3v) is 10.2. The number of likely N-dealkylation sites (N-methyl/N-ethyl adjacent to an activating group) is 1. The van der Waals surface area contributed by atoms with Gasteiger partial charge in [-0.15, -0.1) is 0 Å². The molecule has 1 aromatic carbocycles. The van der Waals surface area contributed by atoms with Crippen LogP contribution in [0, 0.1) is 11.3 Å². The van der Waals surface area contributed by atoms with Gasteiger partial charge in [0.05, 0.1) is 24.0 Å². The zero-order chi connectivity index (χ0) is 33.5. The van der Waals surface area contributed by atoms with E-state index in [9.17, 15) is 23.2 Å². The molecular weight excluding hydrogens is 602 g/mol. The van der Waals surface area contributed by atoms with E-state index in [0.717, 1.165) is 5.56 Å². The van der Waals surface area contributed by atoms with E-state index in [1.807, 2.05) is 24.3 Å². The number of hydrogen-bond donors (Lipinski definition) is 0. The number of carbonyl (C=O) groups excluding carboxylic acids is 3. The molecule has 1 aliphatic carbocycles. The Hall–Kier alpha value is -2.30. The predicted octanol–water partition coefficient (Wildman–Crippen LogP) is 5.29. The molecule has 0 aromatic heterocycles. The van der Waals surface area contributed by atoms with Gasteiger partial charge in [-0.3, -0.25) is 19.3 Å². The summed E-state index contributed by atoms with van der Waals surface area (Å²) >= 11 is 6.20. The summed E-state index contributed by atoms with van der Waals surface area (Å²) in [6.07, 6.45) is -0.00339. The van der Waals surface area contributed by atoms with E-state index in [2.05, 4.69) is 25.7 Å². The second-order valence-electron chi connectivity index (χ2n) is 15.1. The molecule has 252 valence electrons. The molecule has 2 aliphatic heterocycles. The maximum atomic E-state index is 14.7. The molecule has 3 amide bonds. The SMILES string of the molecule is COCC(C)(C)C(=O)N(C1CCC(F)(F)CC1)[C@H]1C[C@@H](C(=O)N(C)C)N(C(=O)[C@@H]2CN(C(C)(C)C)C[C@H]2c2ccc(Cl)cc2)C1. The molecular formula is C34H51ClF2N4O4. The van der Waals surface area contributed by atoms with Gasteiger partial charge >= 0.3 is 0 Å². The Bertz CT molecular complexity index is 1230. The van der Waals surface area contributed by atoms with Gasteiger partial charge in [-0.25, -0.2) is 8.78 Å². The van der Waals surface area contributed by atoms with Gasteiger partial charge in [0.25, 0.3) is 0 Å². The lowest BCUT2D eigenvalue weighted by Crippen LogP contribution is -2.55. The van der Waals surface area contributed by atoms with Crippen LogP contribution in [-0.2, 0) is 19.1 Å². The van der Waals surface area contributed by atoms with Crippen molar-refractivity contribution in [2.45, 2.75) is 102 Å². The number of carbonyl (C=O) groups is 3. The minimum atomic E-state index is -2.76. The van der Waals surface area contributed by atoms with E-state index in [-0.39, 0.29) is 74.4 Å². The minimum absolute atomic E-state index is 0.109. The third kappa shape index (κ3) is 7.82. The molecule has 0 unspecified atom stereocenters. The largest absolute Gasteiger partial charge is 0.384 e. The number of amides is 3. The van der Waals surface area contributed by atoms with Gasteiger partial charge in [0.2, 0.25) is 23.6 Å². The number of halogens is 3. The number of alkyl halides is 2. The molecule has 2 saturated heterocycles. The van der Waals surface area contributed by atoms with Crippen LogP contribution in [0.5, 0.6) is 0 Å². The lowest BCUT2D eigenvalue weighted by Gasteiger charge is -2.43. The number of likely N-dealkylation sites (tertiary alicyclic amines) is 2. The fourth-order valence-electron chi connectivity index (χ4n) is 7.36. The summed E-state index contributed by atoms with van der Waals surface area (Å²) in [5, 5.41) is 0.618. The summed E-state index contributed by atoms with van der Waals surface area (Å²) in [4.78, 5) is 49.8. The molecule has 4 atom stereocenters. The van der Waals surface area contributed by atoms with Crippen molar-refractivity contribution in [2.75, 3.05) is 47.4 Å². The molecule has 45 heavy (non-hydrogen) atoms. The molecule has 0 spiro atoms. The van der Waals surface area contributed by atoms with E-state index < -0.39 is 35.4 Å². The topological polar surface area (TPSA) is 73.4 Å². The van der Waals surface area contributed by atoms with Crippen LogP contribution < -0.4 is 0 Å². The predicted molar refractivity (Wildman–Crippen MR) is 171 cm³/mol. The maximum Gasteiger partial charge on any atom is 0.248 e. The minimum Gasteiger partial charge on any atom is -0.384 e. The normalized spacial score (nSPS) is 26.2. The Balaban J connectivity index is 1.70. The summed E-state index contributed by atoms with van der Waals surface area (Å²) in [5.41, 5.74) is -0.0754. The van der Waals surface area contributed by atoms with Gasteiger partial charge < -0.3 is 19.4 Å². The second kappa shape index (κ2) is 13.4. The fraction of sp³-hybridized carbons (Fsp3) is 0.735. The van der Waals surface area contributed by atoms with Crippen molar-refractivity contribution in [1.82, 2.24) is 19.6 Å². The van der Waals surface area contributed by atoms with Gasteiger partial charge in [0.15, 0.2) is 0 Å². The highest BCUT2D eigenvalue weighted by Gasteiger charge is 2.52. The summed E-state index contributed by atoms with van der Waals surface area (Å²) < 4.78 is 33.9. The molecule has 2 heterocycles. The van der Waals surface area contributed by atoms with Crippen LogP contribution in [0.2, 0.25) is 5.02 Å². The van der Waals surface area contributed by atoms with Crippen LogP contribution in [0.3, 0.4) is 0 Å². The van der Waals surface area contributed by atoms with Crippen LogP contribution in [0.4, 0.5) is 8.78 Å². The summed E-state index contributed by atoms with van der Waals surface area (Å²) in [5.74, 6) is -3.81. The summed E-state index contributed by atoms with van der Waals surface area (Å²) in [6.45, 7) is 11.5. The van der Waals surface area contributed by atoms with Crippen LogP contribution in [-0.4, -0.2) is 114 Å². The Morgan fingerprint density at radius 1 is 0.978 bits per heavy atom. The van der Waals surface area contributed by atoms with Crippen molar-refractivity contribution in [3.63, 3.8) is 0 Å².